The largest absolute Gasteiger partial charge is 0.488 e. The maximum atomic E-state index is 13.1. The van der Waals surface area contributed by atoms with Gasteiger partial charge in [0.2, 0.25) is 0 Å². The van der Waals surface area contributed by atoms with E-state index in [0.717, 1.165) is 51.4 Å². The van der Waals surface area contributed by atoms with Gasteiger partial charge in [-0.2, -0.15) is 0 Å². The van der Waals surface area contributed by atoms with E-state index < -0.39 is 0 Å². The molecule has 188 valence electrons. The molecule has 0 heterocycles. The lowest BCUT2D eigenvalue weighted by Gasteiger charge is -2.28. The molecule has 2 aliphatic rings. The first-order valence-corrected chi connectivity index (χ1v) is 11.9. The summed E-state index contributed by atoms with van der Waals surface area (Å²) in [5.41, 5.74) is 12.5. The fourth-order valence-corrected chi connectivity index (χ4v) is 4.35. The van der Waals surface area contributed by atoms with Crippen LogP contribution in [0.25, 0.3) is 0 Å². The van der Waals surface area contributed by atoms with Gasteiger partial charge in [-0.15, -0.1) is 0 Å². The average Bonchev–Trinajstić information content (AvgIpc) is 2.85. The zero-order chi connectivity index (χ0) is 24.5. The molecule has 2 aromatic carbocycles. The summed E-state index contributed by atoms with van der Waals surface area (Å²) in [7, 11) is 3.47. The van der Waals surface area contributed by atoms with Gasteiger partial charge in [0.25, 0.3) is 0 Å². The highest BCUT2D eigenvalue weighted by molar-refractivity contribution is 5.53. The Labute approximate surface area is 200 Å². The Kier molecular flexibility index (Phi) is 9.77. The second-order valence-electron chi connectivity index (χ2n) is 8.87. The Balaban J connectivity index is 0.000000191. The van der Waals surface area contributed by atoms with Crippen molar-refractivity contribution >= 4 is 11.4 Å². The Bertz CT molecular complexity index is 825. The third-order valence-electron chi connectivity index (χ3n) is 6.45. The smallest absolute Gasteiger partial charge is 0.145 e. The highest BCUT2D eigenvalue weighted by Gasteiger charge is 2.23. The van der Waals surface area contributed by atoms with E-state index in [0.29, 0.717) is 35.1 Å². The average molecular weight is 479 g/mol. The van der Waals surface area contributed by atoms with Crippen LogP contribution in [0, 0.1) is 11.6 Å². The van der Waals surface area contributed by atoms with Gasteiger partial charge in [0.05, 0.1) is 35.8 Å². The molecule has 2 saturated carbocycles. The van der Waals surface area contributed by atoms with E-state index in [1.165, 1.54) is 36.4 Å². The molecule has 0 spiro atoms. The van der Waals surface area contributed by atoms with Crippen LogP contribution in [0.2, 0.25) is 0 Å². The van der Waals surface area contributed by atoms with Crippen LogP contribution in [0.5, 0.6) is 11.5 Å². The summed E-state index contributed by atoms with van der Waals surface area (Å²) in [4.78, 5) is 0. The monoisotopic (exact) mass is 478 g/mol. The Morgan fingerprint density at radius 1 is 0.588 bits per heavy atom. The lowest BCUT2D eigenvalue weighted by molar-refractivity contribution is 0.0329. The third kappa shape index (κ3) is 7.74. The van der Waals surface area contributed by atoms with Crippen LogP contribution in [0.15, 0.2) is 36.4 Å². The fourth-order valence-electron chi connectivity index (χ4n) is 4.35. The molecule has 4 N–H and O–H groups in total. The van der Waals surface area contributed by atoms with E-state index in [2.05, 4.69) is 0 Å². The second kappa shape index (κ2) is 12.8. The predicted molar refractivity (Wildman–Crippen MR) is 129 cm³/mol. The number of nitrogen functional groups attached to an aromatic ring is 2. The maximum absolute atomic E-state index is 13.1. The number of halogens is 2. The summed E-state index contributed by atoms with van der Waals surface area (Å²) in [5.74, 6) is 0.260. The summed E-state index contributed by atoms with van der Waals surface area (Å²) < 4.78 is 48.2. The molecule has 0 saturated heterocycles. The number of nitrogens with two attached hydrogens (primary N) is 2. The Morgan fingerprint density at radius 3 is 1.24 bits per heavy atom. The van der Waals surface area contributed by atoms with E-state index in [-0.39, 0.29) is 23.8 Å². The molecule has 34 heavy (non-hydrogen) atoms. The van der Waals surface area contributed by atoms with Crippen LogP contribution in [0.3, 0.4) is 0 Å². The van der Waals surface area contributed by atoms with Gasteiger partial charge in [-0.25, -0.2) is 8.78 Å². The second-order valence-corrected chi connectivity index (χ2v) is 8.87. The minimum atomic E-state index is -0.320. The highest BCUT2D eigenvalue weighted by atomic mass is 19.1. The topological polar surface area (TPSA) is 89.0 Å². The molecule has 0 aliphatic heterocycles. The standard InChI is InChI=1S/2C13H18FNO2/c2*1-16-10-3-5-11(6-4-10)17-13-8-9(14)2-7-12(13)15/h2*2,7-8,10-11H,3-6,15H2,1H3. The number of ether oxygens (including phenoxy) is 4. The van der Waals surface area contributed by atoms with Crippen molar-refractivity contribution in [3.05, 3.63) is 48.0 Å². The van der Waals surface area contributed by atoms with Crippen molar-refractivity contribution in [1.82, 2.24) is 0 Å². The van der Waals surface area contributed by atoms with Crippen LogP contribution >= 0.6 is 0 Å². The minimum Gasteiger partial charge on any atom is -0.488 e. The molecular weight excluding hydrogens is 442 g/mol. The fraction of sp³-hybridized carbons (Fsp3) is 0.538. The van der Waals surface area contributed by atoms with Gasteiger partial charge in [-0.1, -0.05) is 0 Å². The van der Waals surface area contributed by atoms with Crippen molar-refractivity contribution in [2.24, 2.45) is 0 Å². The number of rotatable bonds is 6. The summed E-state index contributed by atoms with van der Waals surface area (Å²) in [6.07, 6.45) is 8.53. The lowest BCUT2D eigenvalue weighted by atomic mass is 9.95. The molecule has 2 fully saturated rings. The maximum Gasteiger partial charge on any atom is 0.145 e. The van der Waals surface area contributed by atoms with Crippen molar-refractivity contribution in [2.75, 3.05) is 25.7 Å². The van der Waals surface area contributed by atoms with Gasteiger partial charge in [0.1, 0.15) is 23.1 Å². The first kappa shape index (κ1) is 26.0. The molecule has 0 radical (unpaired) electrons. The third-order valence-corrected chi connectivity index (χ3v) is 6.45. The highest BCUT2D eigenvalue weighted by Crippen LogP contribution is 2.30. The minimum absolute atomic E-state index is 0.116. The normalized spacial score (nSPS) is 24.6. The van der Waals surface area contributed by atoms with Crippen LogP contribution in [-0.2, 0) is 9.47 Å². The van der Waals surface area contributed by atoms with E-state index >= 15 is 0 Å². The lowest BCUT2D eigenvalue weighted by Crippen LogP contribution is -2.27. The number of anilines is 2. The van der Waals surface area contributed by atoms with Crippen molar-refractivity contribution in [1.29, 1.82) is 0 Å². The zero-order valence-electron chi connectivity index (χ0n) is 20.0. The number of hydrogen-bond acceptors (Lipinski definition) is 6. The first-order valence-electron chi connectivity index (χ1n) is 11.9. The van der Waals surface area contributed by atoms with Crippen molar-refractivity contribution < 1.29 is 27.7 Å². The molecule has 2 aliphatic carbocycles. The predicted octanol–water partition coefficient (Wildman–Crippen LogP) is 5.49. The van der Waals surface area contributed by atoms with E-state index in [1.54, 1.807) is 14.2 Å². The SMILES string of the molecule is COC1CCC(Oc2cc(F)ccc2N)CC1.COC1CCC(Oc2cc(F)ccc2N)CC1. The zero-order valence-corrected chi connectivity index (χ0v) is 20.0. The molecule has 0 amide bonds. The Hall–Kier alpha value is -2.58. The van der Waals surface area contributed by atoms with Gasteiger partial charge < -0.3 is 30.4 Å². The molecular formula is C26H36F2N2O4. The number of methoxy groups -OCH3 is 2. The molecule has 2 aromatic rings. The summed E-state index contributed by atoms with van der Waals surface area (Å²) >= 11 is 0. The van der Waals surface area contributed by atoms with Gasteiger partial charge in [-0.05, 0) is 75.6 Å². The summed E-state index contributed by atoms with van der Waals surface area (Å²) in [6.45, 7) is 0. The van der Waals surface area contributed by atoms with E-state index in [1.807, 2.05) is 0 Å². The summed E-state index contributed by atoms with van der Waals surface area (Å²) in [5, 5.41) is 0. The number of hydrogen-bond donors (Lipinski definition) is 2. The molecule has 0 aromatic heterocycles. The summed E-state index contributed by atoms with van der Waals surface area (Å²) in [6, 6.07) is 8.43. The molecule has 8 heteroatoms. The van der Waals surface area contributed by atoms with Crippen molar-refractivity contribution in [3.8, 4) is 11.5 Å². The van der Waals surface area contributed by atoms with E-state index in [4.69, 9.17) is 30.4 Å². The molecule has 6 nitrogen and oxygen atoms in total. The van der Waals surface area contributed by atoms with Gasteiger partial charge in [0, 0.05) is 26.4 Å². The van der Waals surface area contributed by atoms with E-state index in [9.17, 15) is 8.78 Å². The van der Waals surface area contributed by atoms with Crippen LogP contribution < -0.4 is 20.9 Å². The molecule has 0 unspecified atom stereocenters. The molecule has 0 bridgehead atoms. The first-order chi connectivity index (χ1) is 16.4. The van der Waals surface area contributed by atoms with Gasteiger partial charge >= 0.3 is 0 Å². The molecule has 0 atom stereocenters. The van der Waals surface area contributed by atoms with Crippen LogP contribution in [-0.4, -0.2) is 38.6 Å². The quantitative estimate of drug-likeness (QED) is 0.534. The van der Waals surface area contributed by atoms with Crippen molar-refractivity contribution in [2.45, 2.75) is 75.8 Å². The van der Waals surface area contributed by atoms with Crippen LogP contribution in [0.4, 0.5) is 20.2 Å². The van der Waals surface area contributed by atoms with Gasteiger partial charge in [0.15, 0.2) is 0 Å². The number of benzene rings is 2. The van der Waals surface area contributed by atoms with Gasteiger partial charge in [-0.3, -0.25) is 0 Å². The van der Waals surface area contributed by atoms with Crippen molar-refractivity contribution in [3.63, 3.8) is 0 Å². The van der Waals surface area contributed by atoms with Crippen LogP contribution in [0.1, 0.15) is 51.4 Å². The Morgan fingerprint density at radius 2 is 0.912 bits per heavy atom. The molecule has 4 rings (SSSR count).